The Bertz CT molecular complexity index is 1710. The molecular weight excluding hydrogens is 580 g/mol. The predicted molar refractivity (Wildman–Crippen MR) is 168 cm³/mol. The van der Waals surface area contributed by atoms with E-state index in [0.717, 1.165) is 27.8 Å². The molecule has 2 aliphatic rings. The van der Waals surface area contributed by atoms with E-state index < -0.39 is 18.1 Å². The molecule has 4 aromatic rings. The molecule has 2 aliphatic heterocycles. The Labute approximate surface area is 260 Å². The SMILES string of the molecule is CCOC(=O)c1nc2n(c1N1CCN(C(=O)OCc3ccccc3)[C@@H](CC#N)C1)CCN(c1cccc3cccc(Cl)c13)C2. The summed E-state index contributed by atoms with van der Waals surface area (Å²) in [6, 6.07) is 23.3. The molecule has 0 bridgehead atoms. The number of rotatable bonds is 7. The molecule has 1 atom stereocenters. The molecule has 1 aromatic heterocycles. The first kappa shape index (κ1) is 29.3. The molecule has 1 amide bonds. The van der Waals surface area contributed by atoms with Gasteiger partial charge in [-0.2, -0.15) is 5.26 Å². The number of anilines is 2. The highest BCUT2D eigenvalue weighted by molar-refractivity contribution is 6.36. The van der Waals surface area contributed by atoms with E-state index in [1.807, 2.05) is 60.7 Å². The number of benzene rings is 3. The van der Waals surface area contributed by atoms with E-state index in [1.165, 1.54) is 0 Å². The lowest BCUT2D eigenvalue weighted by atomic mass is 10.1. The third-order valence-electron chi connectivity index (χ3n) is 8.14. The minimum Gasteiger partial charge on any atom is -0.461 e. The summed E-state index contributed by atoms with van der Waals surface area (Å²) in [6.45, 7) is 5.02. The average molecular weight is 613 g/mol. The number of nitriles is 1. The van der Waals surface area contributed by atoms with E-state index in [1.54, 1.807) is 11.8 Å². The first-order valence-electron chi connectivity index (χ1n) is 14.8. The van der Waals surface area contributed by atoms with Gasteiger partial charge in [-0.15, -0.1) is 0 Å². The highest BCUT2D eigenvalue weighted by atomic mass is 35.5. The number of nitrogens with zero attached hydrogens (tertiary/aromatic N) is 6. The van der Waals surface area contributed by atoms with Crippen molar-refractivity contribution in [3.63, 3.8) is 0 Å². The Morgan fingerprint density at radius 1 is 0.977 bits per heavy atom. The van der Waals surface area contributed by atoms with Crippen LogP contribution in [0.25, 0.3) is 10.8 Å². The van der Waals surface area contributed by atoms with Crippen molar-refractivity contribution >= 4 is 45.9 Å². The lowest BCUT2D eigenvalue weighted by molar-refractivity contribution is 0.0518. The number of fused-ring (bicyclic) bond motifs is 2. The van der Waals surface area contributed by atoms with E-state index in [4.69, 9.17) is 26.1 Å². The summed E-state index contributed by atoms with van der Waals surface area (Å²) in [5.41, 5.74) is 2.15. The summed E-state index contributed by atoms with van der Waals surface area (Å²) in [7, 11) is 0. The molecule has 44 heavy (non-hydrogen) atoms. The second-order valence-corrected chi connectivity index (χ2v) is 11.2. The van der Waals surface area contributed by atoms with Crippen molar-refractivity contribution < 1.29 is 19.1 Å². The number of ether oxygens (including phenoxy) is 2. The quantitative estimate of drug-likeness (QED) is 0.248. The number of carbonyl (C=O) groups is 2. The van der Waals surface area contributed by atoms with Crippen LogP contribution in [-0.4, -0.2) is 65.3 Å². The third-order valence-corrected chi connectivity index (χ3v) is 8.45. The second-order valence-electron chi connectivity index (χ2n) is 10.8. The van der Waals surface area contributed by atoms with Crippen LogP contribution in [0, 0.1) is 11.3 Å². The van der Waals surface area contributed by atoms with Gasteiger partial charge in [-0.05, 0) is 30.0 Å². The summed E-state index contributed by atoms with van der Waals surface area (Å²) in [5, 5.41) is 12.3. The van der Waals surface area contributed by atoms with Gasteiger partial charge in [-0.25, -0.2) is 14.6 Å². The zero-order valence-electron chi connectivity index (χ0n) is 24.5. The Morgan fingerprint density at radius 3 is 2.52 bits per heavy atom. The normalized spacial score (nSPS) is 16.4. The minimum absolute atomic E-state index is 0.127. The van der Waals surface area contributed by atoms with Crippen LogP contribution in [0.5, 0.6) is 0 Å². The van der Waals surface area contributed by atoms with Gasteiger partial charge in [-0.1, -0.05) is 66.2 Å². The van der Waals surface area contributed by atoms with Crippen LogP contribution in [0.4, 0.5) is 16.3 Å². The second kappa shape index (κ2) is 12.9. The molecule has 1 fully saturated rings. The van der Waals surface area contributed by atoms with Crippen LogP contribution < -0.4 is 9.80 Å². The molecular formula is C33H33ClN6O4. The summed E-state index contributed by atoms with van der Waals surface area (Å²) in [6.07, 6.45) is -0.332. The first-order chi connectivity index (χ1) is 21.5. The monoisotopic (exact) mass is 612 g/mol. The molecule has 226 valence electrons. The fourth-order valence-corrected chi connectivity index (χ4v) is 6.37. The Morgan fingerprint density at radius 2 is 1.75 bits per heavy atom. The summed E-state index contributed by atoms with van der Waals surface area (Å²) >= 11 is 6.64. The van der Waals surface area contributed by atoms with Gasteiger partial charge in [0.15, 0.2) is 5.69 Å². The van der Waals surface area contributed by atoms with Gasteiger partial charge >= 0.3 is 12.1 Å². The minimum atomic E-state index is -0.495. The maximum Gasteiger partial charge on any atom is 0.410 e. The van der Waals surface area contributed by atoms with Crippen LogP contribution in [0.3, 0.4) is 0 Å². The van der Waals surface area contributed by atoms with Crippen molar-refractivity contribution in [1.82, 2.24) is 14.5 Å². The number of amides is 1. The molecule has 6 rings (SSSR count). The summed E-state index contributed by atoms with van der Waals surface area (Å²) < 4.78 is 13.1. The molecule has 1 saturated heterocycles. The molecule has 3 aromatic carbocycles. The van der Waals surface area contributed by atoms with Crippen molar-refractivity contribution in [2.45, 2.75) is 39.1 Å². The Kier molecular flexibility index (Phi) is 8.57. The molecule has 0 saturated carbocycles. The van der Waals surface area contributed by atoms with Crippen molar-refractivity contribution in [2.75, 3.05) is 42.6 Å². The van der Waals surface area contributed by atoms with E-state index in [9.17, 15) is 14.9 Å². The summed E-state index contributed by atoms with van der Waals surface area (Å²) in [5.74, 6) is 0.903. The van der Waals surface area contributed by atoms with Gasteiger partial charge < -0.3 is 28.7 Å². The molecule has 0 unspecified atom stereocenters. The Balaban J connectivity index is 1.27. The summed E-state index contributed by atoms with van der Waals surface area (Å²) in [4.78, 5) is 37.0. The van der Waals surface area contributed by atoms with E-state index in [-0.39, 0.29) is 25.3 Å². The number of esters is 1. The first-order valence-corrected chi connectivity index (χ1v) is 15.1. The van der Waals surface area contributed by atoms with Crippen molar-refractivity contribution in [3.05, 3.63) is 88.8 Å². The number of imidazole rings is 1. The van der Waals surface area contributed by atoms with Gasteiger partial charge in [0.05, 0.1) is 36.7 Å². The van der Waals surface area contributed by atoms with Gasteiger partial charge in [0.2, 0.25) is 0 Å². The molecule has 0 aliphatic carbocycles. The maximum atomic E-state index is 13.2. The molecule has 0 N–H and O–H groups in total. The fraction of sp³-hybridized carbons (Fsp3) is 0.333. The van der Waals surface area contributed by atoms with E-state index in [2.05, 4.69) is 26.5 Å². The number of hydrogen-bond acceptors (Lipinski definition) is 8. The zero-order valence-corrected chi connectivity index (χ0v) is 25.2. The topological polar surface area (TPSA) is 104 Å². The molecule has 11 heteroatoms. The number of piperazine rings is 1. The maximum absolute atomic E-state index is 13.2. The Hall–Kier alpha value is -4.75. The highest BCUT2D eigenvalue weighted by Gasteiger charge is 2.37. The fourth-order valence-electron chi connectivity index (χ4n) is 6.09. The van der Waals surface area contributed by atoms with Crippen LogP contribution in [0.15, 0.2) is 66.7 Å². The highest BCUT2D eigenvalue weighted by Crippen LogP contribution is 2.36. The predicted octanol–water partition coefficient (Wildman–Crippen LogP) is 5.63. The largest absolute Gasteiger partial charge is 0.461 e. The number of carbonyl (C=O) groups excluding carboxylic acids is 2. The zero-order chi connectivity index (χ0) is 30.6. The van der Waals surface area contributed by atoms with Gasteiger partial charge in [-0.3, -0.25) is 0 Å². The van der Waals surface area contributed by atoms with Crippen molar-refractivity contribution in [2.24, 2.45) is 0 Å². The number of aromatic nitrogens is 2. The lowest BCUT2D eigenvalue weighted by Gasteiger charge is -2.41. The lowest BCUT2D eigenvalue weighted by Crippen LogP contribution is -2.56. The molecule has 0 radical (unpaired) electrons. The van der Waals surface area contributed by atoms with Crippen LogP contribution >= 0.6 is 11.6 Å². The van der Waals surface area contributed by atoms with Gasteiger partial charge in [0, 0.05) is 43.8 Å². The average Bonchev–Trinajstić information content (AvgIpc) is 3.43. The van der Waals surface area contributed by atoms with Crippen LogP contribution in [0.2, 0.25) is 5.02 Å². The number of halogens is 1. The standard InChI is InChI=1S/C33H33ClN6O4/c1-2-43-32(41)30-31(38-17-18-39(25(20-38)14-15-35)33(42)44-22-23-8-4-3-5-9-23)40-19-16-37(21-28(40)36-30)27-13-7-11-24-10-6-12-26(34)29(24)27/h3-13,25H,2,14,16-22H2,1H3/t25-/m0/s1. The molecule has 0 spiro atoms. The number of hydrogen-bond donors (Lipinski definition) is 0. The van der Waals surface area contributed by atoms with E-state index in [0.29, 0.717) is 50.1 Å². The van der Waals surface area contributed by atoms with E-state index >= 15 is 0 Å². The molecule has 3 heterocycles. The van der Waals surface area contributed by atoms with Gasteiger partial charge in [0.1, 0.15) is 18.2 Å². The van der Waals surface area contributed by atoms with Gasteiger partial charge in [0.25, 0.3) is 0 Å². The van der Waals surface area contributed by atoms with Crippen molar-refractivity contribution in [3.8, 4) is 6.07 Å². The van der Waals surface area contributed by atoms with Crippen LogP contribution in [0.1, 0.15) is 35.2 Å². The smallest absolute Gasteiger partial charge is 0.410 e. The third kappa shape index (κ3) is 5.75. The van der Waals surface area contributed by atoms with Crippen LogP contribution in [-0.2, 0) is 29.2 Å². The van der Waals surface area contributed by atoms with Crippen molar-refractivity contribution in [1.29, 1.82) is 5.26 Å². The molecule has 10 nitrogen and oxygen atoms in total.